The molecule has 4 rings (SSSR count). The molecule has 2 heterocycles. The first-order valence-corrected chi connectivity index (χ1v) is 11.3. The minimum Gasteiger partial charge on any atom is -0.503 e. The van der Waals surface area contributed by atoms with Crippen molar-refractivity contribution in [1.82, 2.24) is 10.1 Å². The monoisotopic (exact) mass is 539 g/mol. The molecule has 0 radical (unpaired) electrons. The highest BCUT2D eigenvalue weighted by molar-refractivity contribution is 9.10. The Hall–Kier alpha value is -2.04. The predicted octanol–water partition coefficient (Wildman–Crippen LogP) is 4.05. The zero-order valence-electron chi connectivity index (χ0n) is 15.5. The largest absolute Gasteiger partial charge is 0.503 e. The van der Waals surface area contributed by atoms with E-state index in [0.717, 1.165) is 27.0 Å². The Bertz CT molecular complexity index is 1170. The highest BCUT2D eigenvalue weighted by atomic mass is 79.9. The first-order valence-electron chi connectivity index (χ1n) is 8.74. The van der Waals surface area contributed by atoms with Crippen LogP contribution in [0.5, 0.6) is 11.5 Å². The van der Waals surface area contributed by atoms with Gasteiger partial charge in [0.1, 0.15) is 0 Å². The molecule has 29 heavy (non-hydrogen) atoms. The summed E-state index contributed by atoms with van der Waals surface area (Å²) in [7, 11) is 1.49. The van der Waals surface area contributed by atoms with Crippen molar-refractivity contribution < 1.29 is 14.5 Å². The maximum atomic E-state index is 13.0. The summed E-state index contributed by atoms with van der Waals surface area (Å²) < 4.78 is 8.34. The van der Waals surface area contributed by atoms with Crippen LogP contribution in [-0.4, -0.2) is 28.1 Å². The van der Waals surface area contributed by atoms with Crippen LogP contribution < -0.4 is 20.3 Å². The molecule has 1 atom stereocenters. The predicted molar refractivity (Wildman–Crippen MR) is 119 cm³/mol. The van der Waals surface area contributed by atoms with Crippen molar-refractivity contribution in [3.8, 4) is 22.8 Å². The van der Waals surface area contributed by atoms with E-state index in [1.807, 2.05) is 25.1 Å². The van der Waals surface area contributed by atoms with Gasteiger partial charge in [0.05, 0.1) is 22.8 Å². The Morgan fingerprint density at radius 2 is 2.10 bits per heavy atom. The Labute approximate surface area is 187 Å². The fraction of sp³-hybridized carbons (Fsp3) is 0.211. The number of hydrogen-bond donors (Lipinski definition) is 3. The van der Waals surface area contributed by atoms with Crippen LogP contribution in [0.25, 0.3) is 11.3 Å². The van der Waals surface area contributed by atoms with Gasteiger partial charge in [-0.15, -0.1) is 0 Å². The standard InChI is InChI=1S/C19H16Br2N4O3S/c1-3-29-19-23-18(27)15-11-8-10(20)4-5-13(11)22-17(25(15)24-19)9-6-12(21)16(26)14(7-9)28-2/h4-8,17H,3H2,1-2H3,(H2,23,24,26,27)/p+1/t17-/m1/s1. The van der Waals surface area contributed by atoms with Gasteiger partial charge in [0.2, 0.25) is 5.16 Å². The van der Waals surface area contributed by atoms with Crippen LogP contribution in [0.2, 0.25) is 0 Å². The SMILES string of the molecule is CCSc1n[n+]2c(c(=O)[nH]1)-c1cc(Br)ccc1N[C@H]2c1cc(Br)c(O)c(OC)c1. The lowest BCUT2D eigenvalue weighted by Crippen LogP contribution is -2.55. The molecule has 2 aromatic carbocycles. The molecule has 0 amide bonds. The summed E-state index contributed by atoms with van der Waals surface area (Å²) in [4.78, 5) is 15.9. The van der Waals surface area contributed by atoms with Gasteiger partial charge in [0.25, 0.3) is 6.17 Å². The number of thioether (sulfide) groups is 1. The van der Waals surface area contributed by atoms with Gasteiger partial charge in [-0.2, -0.15) is 0 Å². The minimum absolute atomic E-state index is 0.0164. The van der Waals surface area contributed by atoms with E-state index < -0.39 is 6.17 Å². The molecule has 1 aliphatic heterocycles. The van der Waals surface area contributed by atoms with Crippen molar-refractivity contribution >= 4 is 49.3 Å². The lowest BCUT2D eigenvalue weighted by atomic mass is 10.0. The second-order valence-corrected chi connectivity index (χ2v) is 9.30. The van der Waals surface area contributed by atoms with Crippen LogP contribution in [0.3, 0.4) is 0 Å². The van der Waals surface area contributed by atoms with E-state index in [4.69, 9.17) is 4.74 Å². The Morgan fingerprint density at radius 3 is 2.83 bits per heavy atom. The lowest BCUT2D eigenvalue weighted by molar-refractivity contribution is -0.759. The van der Waals surface area contributed by atoms with Crippen LogP contribution in [0, 0.1) is 0 Å². The number of halogens is 2. The Balaban J connectivity index is 1.98. The van der Waals surface area contributed by atoms with E-state index >= 15 is 0 Å². The minimum atomic E-state index is -0.469. The zero-order chi connectivity index (χ0) is 20.7. The van der Waals surface area contributed by atoms with Crippen LogP contribution in [0.4, 0.5) is 5.69 Å². The highest BCUT2D eigenvalue weighted by Gasteiger charge is 2.38. The molecule has 0 saturated heterocycles. The van der Waals surface area contributed by atoms with Gasteiger partial charge in [0.15, 0.2) is 11.5 Å². The molecule has 3 N–H and O–H groups in total. The van der Waals surface area contributed by atoms with E-state index in [9.17, 15) is 9.90 Å². The van der Waals surface area contributed by atoms with Crippen molar-refractivity contribution in [3.63, 3.8) is 0 Å². The van der Waals surface area contributed by atoms with E-state index in [-0.39, 0.29) is 11.3 Å². The number of fused-ring (bicyclic) bond motifs is 3. The number of nitrogens with one attached hydrogen (secondary N) is 2. The quantitative estimate of drug-likeness (QED) is 0.341. The third kappa shape index (κ3) is 3.64. The highest BCUT2D eigenvalue weighted by Crippen LogP contribution is 2.39. The second kappa shape index (κ2) is 8.00. The summed E-state index contributed by atoms with van der Waals surface area (Å²) in [5.74, 6) is 1.12. The number of methoxy groups -OCH3 is 1. The van der Waals surface area contributed by atoms with Crippen LogP contribution in [0.1, 0.15) is 18.7 Å². The normalized spacial score (nSPS) is 14.7. The molecule has 1 aromatic heterocycles. The first kappa shape index (κ1) is 20.2. The molecule has 150 valence electrons. The molecule has 7 nitrogen and oxygen atoms in total. The fourth-order valence-electron chi connectivity index (χ4n) is 3.25. The number of nitrogens with zero attached hydrogens (tertiary/aromatic N) is 2. The molecule has 0 unspecified atom stereocenters. The smallest absolute Gasteiger partial charge is 0.325 e. The molecule has 0 aliphatic carbocycles. The number of phenols is 1. The number of phenolic OH excluding ortho intramolecular Hbond substituents is 1. The van der Waals surface area contributed by atoms with Gasteiger partial charge in [0, 0.05) is 15.1 Å². The molecular weight excluding hydrogens is 524 g/mol. The van der Waals surface area contributed by atoms with Gasteiger partial charge < -0.3 is 15.2 Å². The average molecular weight is 541 g/mol. The third-order valence-corrected chi connectivity index (χ3v) is 6.35. The summed E-state index contributed by atoms with van der Waals surface area (Å²) in [6.07, 6.45) is -0.469. The Morgan fingerprint density at radius 1 is 1.31 bits per heavy atom. The van der Waals surface area contributed by atoms with Crippen molar-refractivity contribution in [1.29, 1.82) is 0 Å². The summed E-state index contributed by atoms with van der Waals surface area (Å²) in [6.45, 7) is 2.00. The average Bonchev–Trinajstić information content (AvgIpc) is 2.69. The van der Waals surface area contributed by atoms with E-state index in [2.05, 4.69) is 47.3 Å². The van der Waals surface area contributed by atoms with E-state index in [1.54, 1.807) is 16.8 Å². The van der Waals surface area contributed by atoms with Gasteiger partial charge >= 0.3 is 11.3 Å². The van der Waals surface area contributed by atoms with Crippen molar-refractivity contribution in [2.45, 2.75) is 18.2 Å². The molecule has 0 spiro atoms. The number of aromatic amines is 1. The number of aromatic hydroxyl groups is 1. The number of hydrogen-bond acceptors (Lipinski definition) is 6. The first-order chi connectivity index (χ1) is 13.9. The molecule has 0 fully saturated rings. The molecule has 0 saturated carbocycles. The lowest BCUT2D eigenvalue weighted by Gasteiger charge is -2.23. The van der Waals surface area contributed by atoms with E-state index in [0.29, 0.717) is 21.1 Å². The topological polar surface area (TPSA) is 91.1 Å². The molecular formula is C19H17Br2N4O3S+. The number of aromatic nitrogens is 3. The van der Waals surface area contributed by atoms with Crippen LogP contribution >= 0.6 is 43.6 Å². The molecule has 10 heteroatoms. The number of H-pyrrole nitrogens is 1. The van der Waals surface area contributed by atoms with Crippen LogP contribution in [0.15, 0.2) is 49.2 Å². The summed E-state index contributed by atoms with van der Waals surface area (Å²) in [5, 5.41) is 18.9. The van der Waals surface area contributed by atoms with Gasteiger partial charge in [-0.25, -0.2) is 0 Å². The van der Waals surface area contributed by atoms with Crippen LogP contribution in [-0.2, 0) is 0 Å². The van der Waals surface area contributed by atoms with Gasteiger partial charge in [-0.05, 0) is 56.7 Å². The maximum Gasteiger partial charge on any atom is 0.325 e. The van der Waals surface area contributed by atoms with Gasteiger partial charge in [-0.1, -0.05) is 34.6 Å². The molecule has 0 bridgehead atoms. The number of benzene rings is 2. The van der Waals surface area contributed by atoms with Crippen molar-refractivity contribution in [2.75, 3.05) is 18.2 Å². The van der Waals surface area contributed by atoms with Gasteiger partial charge in [-0.3, -0.25) is 9.78 Å². The zero-order valence-corrected chi connectivity index (χ0v) is 19.5. The second-order valence-electron chi connectivity index (χ2n) is 6.28. The summed E-state index contributed by atoms with van der Waals surface area (Å²) in [5.41, 5.74) is 2.57. The summed E-state index contributed by atoms with van der Waals surface area (Å²) >= 11 is 8.31. The molecule has 3 aromatic rings. The third-order valence-electron chi connectivity index (χ3n) is 4.50. The maximum absolute atomic E-state index is 13.0. The number of rotatable bonds is 4. The summed E-state index contributed by atoms with van der Waals surface area (Å²) in [6, 6.07) is 9.23. The number of anilines is 1. The van der Waals surface area contributed by atoms with E-state index in [1.165, 1.54) is 18.9 Å². The number of ether oxygens (including phenoxy) is 1. The fourth-order valence-corrected chi connectivity index (χ4v) is 4.65. The van der Waals surface area contributed by atoms with Crippen molar-refractivity contribution in [3.05, 3.63) is 55.2 Å². The molecule has 1 aliphatic rings. The van der Waals surface area contributed by atoms with Crippen molar-refractivity contribution in [2.24, 2.45) is 0 Å². The Kier molecular flexibility index (Phi) is 5.58.